The molecular formula is C18H20N4O4. The summed E-state index contributed by atoms with van der Waals surface area (Å²) < 4.78 is 7.24. The molecule has 0 bridgehead atoms. The van der Waals surface area contributed by atoms with Gasteiger partial charge >= 0.3 is 5.97 Å². The van der Waals surface area contributed by atoms with E-state index in [-0.39, 0.29) is 22.7 Å². The summed E-state index contributed by atoms with van der Waals surface area (Å²) >= 11 is 0. The highest BCUT2D eigenvalue weighted by Gasteiger charge is 2.21. The van der Waals surface area contributed by atoms with Crippen LogP contribution in [0.5, 0.6) is 5.75 Å². The van der Waals surface area contributed by atoms with E-state index in [1.54, 1.807) is 33.0 Å². The van der Waals surface area contributed by atoms with Crippen molar-refractivity contribution < 1.29 is 14.6 Å². The normalized spacial score (nSPS) is 11.1. The molecule has 0 saturated heterocycles. The van der Waals surface area contributed by atoms with Crippen LogP contribution in [0.4, 0.5) is 0 Å². The molecule has 2 N–H and O–H groups in total. The number of carboxylic acids is 1. The van der Waals surface area contributed by atoms with Gasteiger partial charge in [-0.2, -0.15) is 5.10 Å². The number of ether oxygens (including phenoxy) is 1. The van der Waals surface area contributed by atoms with Crippen molar-refractivity contribution in [3.63, 3.8) is 0 Å². The largest absolute Gasteiger partial charge is 0.492 e. The molecule has 8 heteroatoms. The van der Waals surface area contributed by atoms with Crippen LogP contribution >= 0.6 is 0 Å². The van der Waals surface area contributed by atoms with Crippen LogP contribution < -0.4 is 10.3 Å². The van der Waals surface area contributed by atoms with E-state index < -0.39 is 5.97 Å². The van der Waals surface area contributed by atoms with E-state index in [0.717, 1.165) is 12.0 Å². The van der Waals surface area contributed by atoms with Crippen LogP contribution in [0.2, 0.25) is 0 Å². The van der Waals surface area contributed by atoms with Gasteiger partial charge < -0.3 is 14.8 Å². The number of aromatic nitrogens is 4. The first-order valence-electron chi connectivity index (χ1n) is 8.28. The van der Waals surface area contributed by atoms with Gasteiger partial charge in [0.05, 0.1) is 17.9 Å². The molecule has 3 aromatic rings. The molecule has 8 nitrogen and oxygen atoms in total. The molecule has 1 aromatic carbocycles. The molecule has 0 aliphatic carbocycles. The summed E-state index contributed by atoms with van der Waals surface area (Å²) in [7, 11) is 1.71. The quantitative estimate of drug-likeness (QED) is 0.726. The number of hydrogen-bond acceptors (Lipinski definition) is 5. The smallest absolute Gasteiger partial charge is 0.339 e. The zero-order chi connectivity index (χ0) is 19.0. The van der Waals surface area contributed by atoms with Crippen molar-refractivity contribution in [2.75, 3.05) is 6.61 Å². The third kappa shape index (κ3) is 2.94. The number of carboxylic acid groups (broad SMARTS) is 1. The molecule has 0 spiro atoms. The fourth-order valence-electron chi connectivity index (χ4n) is 2.94. The lowest BCUT2D eigenvalue weighted by molar-refractivity contribution is 0.0692. The first kappa shape index (κ1) is 17.7. The highest BCUT2D eigenvalue weighted by atomic mass is 16.5. The number of nitrogens with zero attached hydrogens (tertiary/aromatic N) is 3. The summed E-state index contributed by atoms with van der Waals surface area (Å²) in [6.07, 6.45) is 0.719. The molecule has 0 unspecified atom stereocenters. The number of aromatic carboxylic acids is 1. The number of benzene rings is 1. The molecule has 0 aliphatic heterocycles. The molecule has 136 valence electrons. The molecule has 26 heavy (non-hydrogen) atoms. The number of aryl methyl sites for hydroxylation is 3. The fourth-order valence-corrected chi connectivity index (χ4v) is 2.94. The molecule has 3 rings (SSSR count). The van der Waals surface area contributed by atoms with Gasteiger partial charge in [0, 0.05) is 7.05 Å². The maximum atomic E-state index is 12.5. The lowest BCUT2D eigenvalue weighted by atomic mass is 10.0. The summed E-state index contributed by atoms with van der Waals surface area (Å²) in [6, 6.07) is 3.30. The number of nitrogens with one attached hydrogen (secondary N) is 1. The second-order valence-electron chi connectivity index (χ2n) is 6.16. The first-order valence-corrected chi connectivity index (χ1v) is 8.28. The lowest BCUT2D eigenvalue weighted by Crippen LogP contribution is -2.12. The highest BCUT2D eigenvalue weighted by Crippen LogP contribution is 2.33. The Morgan fingerprint density at radius 2 is 2.08 bits per heavy atom. The van der Waals surface area contributed by atoms with Crippen LogP contribution in [0.3, 0.4) is 0 Å². The van der Waals surface area contributed by atoms with E-state index in [1.165, 1.54) is 4.68 Å². The van der Waals surface area contributed by atoms with Crippen LogP contribution in [0.25, 0.3) is 22.4 Å². The van der Waals surface area contributed by atoms with E-state index in [9.17, 15) is 14.7 Å². The second-order valence-corrected chi connectivity index (χ2v) is 6.16. The standard InChI is InChI=1S/C18H20N4O4/c1-5-6-26-14-11(7-9(2)8-12(14)18(24)25)15-19-16-13(17(23)20-15)10(3)21-22(16)4/h7-8H,5-6H2,1-4H3,(H,24,25)(H,19,20,23). The number of rotatable bonds is 5. The number of hydrogen-bond donors (Lipinski definition) is 2. The van der Waals surface area contributed by atoms with Gasteiger partial charge in [-0.1, -0.05) is 6.92 Å². The summed E-state index contributed by atoms with van der Waals surface area (Å²) in [6.45, 7) is 5.81. The Balaban J connectivity index is 2.32. The molecule has 0 radical (unpaired) electrons. The second kappa shape index (κ2) is 6.62. The molecule has 0 atom stereocenters. The Labute approximate surface area is 149 Å². The molecular weight excluding hydrogens is 336 g/mol. The molecule has 0 saturated carbocycles. The fraction of sp³-hybridized carbons (Fsp3) is 0.333. The predicted molar refractivity (Wildman–Crippen MR) is 96.8 cm³/mol. The predicted octanol–water partition coefficient (Wildman–Crippen LogP) is 2.43. The van der Waals surface area contributed by atoms with Crippen LogP contribution in [-0.2, 0) is 7.05 Å². The molecule has 0 fully saturated rings. The molecule has 2 aromatic heterocycles. The Kier molecular flexibility index (Phi) is 4.50. The summed E-state index contributed by atoms with van der Waals surface area (Å²) in [5.74, 6) is -0.644. The topological polar surface area (TPSA) is 110 Å². The Hall–Kier alpha value is -3.16. The van der Waals surface area contributed by atoms with E-state index in [0.29, 0.717) is 28.9 Å². The minimum atomic E-state index is -1.10. The van der Waals surface area contributed by atoms with Gasteiger partial charge in [0.25, 0.3) is 5.56 Å². The summed E-state index contributed by atoms with van der Waals surface area (Å²) in [5, 5.41) is 14.2. The van der Waals surface area contributed by atoms with Gasteiger partial charge in [-0.3, -0.25) is 4.79 Å². The van der Waals surface area contributed by atoms with E-state index in [4.69, 9.17) is 4.74 Å². The zero-order valence-corrected chi connectivity index (χ0v) is 15.1. The van der Waals surface area contributed by atoms with Crippen LogP contribution in [-0.4, -0.2) is 37.4 Å². The van der Waals surface area contributed by atoms with Gasteiger partial charge in [0.1, 0.15) is 22.5 Å². The van der Waals surface area contributed by atoms with Gasteiger partial charge in [-0.15, -0.1) is 0 Å². The van der Waals surface area contributed by atoms with Crippen molar-refractivity contribution in [1.29, 1.82) is 0 Å². The molecule has 0 amide bonds. The maximum Gasteiger partial charge on any atom is 0.339 e. The third-order valence-corrected chi connectivity index (χ3v) is 4.04. The number of fused-ring (bicyclic) bond motifs is 1. The van der Waals surface area contributed by atoms with E-state index >= 15 is 0 Å². The zero-order valence-electron chi connectivity index (χ0n) is 15.1. The van der Waals surface area contributed by atoms with Crippen molar-refractivity contribution in [3.8, 4) is 17.1 Å². The van der Waals surface area contributed by atoms with Gasteiger partial charge in [0.15, 0.2) is 5.65 Å². The van der Waals surface area contributed by atoms with Crippen molar-refractivity contribution in [3.05, 3.63) is 39.3 Å². The highest BCUT2D eigenvalue weighted by molar-refractivity contribution is 5.94. The minimum absolute atomic E-state index is 0.0392. The van der Waals surface area contributed by atoms with Crippen molar-refractivity contribution in [1.82, 2.24) is 19.7 Å². The Morgan fingerprint density at radius 1 is 1.35 bits per heavy atom. The van der Waals surface area contributed by atoms with Gasteiger partial charge in [-0.05, 0) is 38.0 Å². The molecule has 0 aliphatic rings. The van der Waals surface area contributed by atoms with Crippen LogP contribution in [0.15, 0.2) is 16.9 Å². The average molecular weight is 356 g/mol. The molecule has 2 heterocycles. The van der Waals surface area contributed by atoms with Crippen LogP contribution in [0, 0.1) is 13.8 Å². The first-order chi connectivity index (χ1) is 12.3. The number of carbonyl (C=O) groups is 1. The van der Waals surface area contributed by atoms with Crippen molar-refractivity contribution in [2.45, 2.75) is 27.2 Å². The average Bonchev–Trinajstić information content (AvgIpc) is 2.87. The maximum absolute atomic E-state index is 12.5. The van der Waals surface area contributed by atoms with E-state index in [2.05, 4.69) is 15.1 Å². The SMILES string of the molecule is CCCOc1c(C(=O)O)cc(C)cc1-c1nc2c(c(C)nn2C)c(=O)[nH]1. The summed E-state index contributed by atoms with van der Waals surface area (Å²) in [4.78, 5) is 31.4. The summed E-state index contributed by atoms with van der Waals surface area (Å²) in [5.41, 5.74) is 1.90. The third-order valence-electron chi connectivity index (χ3n) is 4.04. The van der Waals surface area contributed by atoms with Gasteiger partial charge in [-0.25, -0.2) is 14.5 Å². The van der Waals surface area contributed by atoms with E-state index in [1.807, 2.05) is 6.92 Å². The van der Waals surface area contributed by atoms with Gasteiger partial charge in [0.2, 0.25) is 0 Å². The number of H-pyrrole nitrogens is 1. The Bertz CT molecular complexity index is 1070. The van der Waals surface area contributed by atoms with Crippen LogP contribution in [0.1, 0.15) is 35.0 Å². The monoisotopic (exact) mass is 356 g/mol. The van der Waals surface area contributed by atoms with Crippen molar-refractivity contribution in [2.24, 2.45) is 7.05 Å². The number of aromatic amines is 1. The minimum Gasteiger partial charge on any atom is -0.492 e. The lowest BCUT2D eigenvalue weighted by Gasteiger charge is -2.14. The Morgan fingerprint density at radius 3 is 2.73 bits per heavy atom. The van der Waals surface area contributed by atoms with Crippen molar-refractivity contribution >= 4 is 17.0 Å².